The predicted octanol–water partition coefficient (Wildman–Crippen LogP) is 1.65. The number of carbonyl (C=O) groups is 1. The van der Waals surface area contributed by atoms with Gasteiger partial charge in [-0.25, -0.2) is 15.0 Å². The lowest BCUT2D eigenvalue weighted by Crippen LogP contribution is -2.61. The van der Waals surface area contributed by atoms with Crippen LogP contribution in [0, 0.1) is 0 Å². The van der Waals surface area contributed by atoms with Crippen LogP contribution >= 0.6 is 11.8 Å². The summed E-state index contributed by atoms with van der Waals surface area (Å²) in [5.41, 5.74) is 0. The zero-order valence-corrected chi connectivity index (χ0v) is 13.3. The molecule has 0 aromatic carbocycles. The number of hydrogen-bond donors (Lipinski definition) is 0. The highest BCUT2D eigenvalue weighted by atomic mass is 32.2. The van der Waals surface area contributed by atoms with E-state index in [0.717, 1.165) is 25.3 Å². The molecule has 2 aromatic rings. The second-order valence-corrected chi connectivity index (χ2v) is 7.33. The molecule has 2 aliphatic rings. The van der Waals surface area contributed by atoms with Gasteiger partial charge in [-0.1, -0.05) is 6.07 Å². The molecular formula is C16H16N4O2S. The summed E-state index contributed by atoms with van der Waals surface area (Å²) in [4.78, 5) is 26.4. The van der Waals surface area contributed by atoms with Crippen molar-refractivity contribution in [2.24, 2.45) is 0 Å². The van der Waals surface area contributed by atoms with E-state index in [9.17, 15) is 4.79 Å². The number of likely N-dealkylation sites (tertiary alicyclic amines) is 1. The Balaban J connectivity index is 1.34. The quantitative estimate of drug-likeness (QED) is 0.853. The Labute approximate surface area is 138 Å². The normalized spacial score (nSPS) is 21.9. The van der Waals surface area contributed by atoms with Gasteiger partial charge in [-0.05, 0) is 12.1 Å². The predicted molar refractivity (Wildman–Crippen MR) is 86.4 cm³/mol. The molecule has 0 bridgehead atoms. The summed E-state index contributed by atoms with van der Waals surface area (Å²) in [5.74, 6) is 1.78. The lowest BCUT2D eigenvalue weighted by Gasteiger charge is -2.46. The molecule has 4 rings (SSSR count). The Morgan fingerprint density at radius 2 is 1.96 bits per heavy atom. The molecule has 23 heavy (non-hydrogen) atoms. The summed E-state index contributed by atoms with van der Waals surface area (Å²) < 4.78 is 6.04. The van der Waals surface area contributed by atoms with E-state index >= 15 is 0 Å². The highest BCUT2D eigenvalue weighted by Crippen LogP contribution is 2.46. The maximum absolute atomic E-state index is 12.3. The van der Waals surface area contributed by atoms with Crippen LogP contribution in [-0.2, 0) is 0 Å². The third kappa shape index (κ3) is 2.88. The SMILES string of the molecule is O=C(c1ncccn1)N1CC2(C[C@H](Oc3ccccn3)CS2)C1. The fraction of sp³-hybridized carbons (Fsp3) is 0.375. The lowest BCUT2D eigenvalue weighted by molar-refractivity contribution is 0.0503. The number of nitrogens with zero attached hydrogens (tertiary/aromatic N) is 4. The topological polar surface area (TPSA) is 68.2 Å². The van der Waals surface area contributed by atoms with E-state index in [2.05, 4.69) is 15.0 Å². The number of pyridine rings is 1. The van der Waals surface area contributed by atoms with Gasteiger partial charge in [0.15, 0.2) is 0 Å². The highest BCUT2D eigenvalue weighted by Gasteiger charge is 2.51. The first kappa shape index (κ1) is 14.4. The van der Waals surface area contributed by atoms with Crippen molar-refractivity contribution >= 4 is 17.7 Å². The van der Waals surface area contributed by atoms with E-state index in [1.165, 1.54) is 0 Å². The largest absolute Gasteiger partial charge is 0.473 e. The smallest absolute Gasteiger partial charge is 0.291 e. The average molecular weight is 328 g/mol. The van der Waals surface area contributed by atoms with E-state index < -0.39 is 0 Å². The summed E-state index contributed by atoms with van der Waals surface area (Å²) in [6.45, 7) is 1.47. The second-order valence-electron chi connectivity index (χ2n) is 5.84. The first-order valence-corrected chi connectivity index (χ1v) is 8.51. The van der Waals surface area contributed by atoms with Crippen molar-refractivity contribution in [3.63, 3.8) is 0 Å². The van der Waals surface area contributed by atoms with Crippen LogP contribution in [0.1, 0.15) is 17.0 Å². The van der Waals surface area contributed by atoms with E-state index in [-0.39, 0.29) is 22.6 Å². The van der Waals surface area contributed by atoms with Gasteiger partial charge in [0.1, 0.15) is 6.10 Å². The van der Waals surface area contributed by atoms with Crippen molar-refractivity contribution in [2.45, 2.75) is 17.3 Å². The maximum Gasteiger partial charge on any atom is 0.291 e. The molecule has 0 radical (unpaired) electrons. The summed E-state index contributed by atoms with van der Waals surface area (Å²) in [6.07, 6.45) is 6.01. The van der Waals surface area contributed by atoms with Crippen LogP contribution in [0.25, 0.3) is 0 Å². The molecule has 1 spiro atoms. The van der Waals surface area contributed by atoms with E-state index in [1.54, 1.807) is 24.7 Å². The van der Waals surface area contributed by atoms with Gasteiger partial charge < -0.3 is 9.64 Å². The minimum Gasteiger partial charge on any atom is -0.473 e. The van der Waals surface area contributed by atoms with Crippen LogP contribution in [0.4, 0.5) is 0 Å². The fourth-order valence-corrected chi connectivity index (χ4v) is 4.55. The first-order valence-electron chi connectivity index (χ1n) is 7.52. The zero-order valence-electron chi connectivity index (χ0n) is 12.5. The summed E-state index contributed by atoms with van der Waals surface area (Å²) in [5, 5.41) is 0. The van der Waals surface area contributed by atoms with Crippen LogP contribution in [0.3, 0.4) is 0 Å². The van der Waals surface area contributed by atoms with Gasteiger partial charge >= 0.3 is 0 Å². The monoisotopic (exact) mass is 328 g/mol. The Hall–Kier alpha value is -2.15. The third-order valence-electron chi connectivity index (χ3n) is 4.10. The molecule has 4 heterocycles. The average Bonchev–Trinajstić information content (AvgIpc) is 2.99. The Kier molecular flexibility index (Phi) is 3.65. The standard InChI is InChI=1S/C16H16N4O2S/c21-15(14-18-6-3-7-19-14)20-10-16(11-20)8-12(9-23-16)22-13-4-1-2-5-17-13/h1-7,12H,8-11H2/t12-/m0/s1. The molecule has 2 aliphatic heterocycles. The van der Waals surface area contributed by atoms with E-state index in [0.29, 0.717) is 5.88 Å². The Morgan fingerprint density at radius 1 is 1.17 bits per heavy atom. The molecule has 118 valence electrons. The van der Waals surface area contributed by atoms with Gasteiger partial charge in [0.2, 0.25) is 11.7 Å². The Morgan fingerprint density at radius 3 is 2.70 bits per heavy atom. The lowest BCUT2D eigenvalue weighted by atomic mass is 9.93. The van der Waals surface area contributed by atoms with Gasteiger partial charge in [-0.15, -0.1) is 11.8 Å². The number of aromatic nitrogens is 3. The molecule has 7 heteroatoms. The number of ether oxygens (including phenoxy) is 1. The van der Waals surface area contributed by atoms with Crippen molar-refractivity contribution in [3.05, 3.63) is 48.7 Å². The van der Waals surface area contributed by atoms with Crippen LogP contribution in [0.2, 0.25) is 0 Å². The number of amides is 1. The van der Waals surface area contributed by atoms with E-state index in [1.807, 2.05) is 34.9 Å². The van der Waals surface area contributed by atoms with Crippen molar-refractivity contribution < 1.29 is 9.53 Å². The minimum absolute atomic E-state index is 0.0917. The van der Waals surface area contributed by atoms with Gasteiger partial charge in [-0.2, -0.15) is 0 Å². The van der Waals surface area contributed by atoms with Crippen molar-refractivity contribution in [2.75, 3.05) is 18.8 Å². The highest BCUT2D eigenvalue weighted by molar-refractivity contribution is 8.01. The van der Waals surface area contributed by atoms with Crippen LogP contribution < -0.4 is 4.74 Å². The number of rotatable bonds is 3. The second kappa shape index (κ2) is 5.81. The molecule has 0 aliphatic carbocycles. The maximum atomic E-state index is 12.3. The molecule has 0 N–H and O–H groups in total. The number of thioether (sulfide) groups is 1. The summed E-state index contributed by atoms with van der Waals surface area (Å²) in [6, 6.07) is 7.38. The summed E-state index contributed by atoms with van der Waals surface area (Å²) in [7, 11) is 0. The summed E-state index contributed by atoms with van der Waals surface area (Å²) >= 11 is 1.89. The van der Waals surface area contributed by atoms with Crippen LogP contribution in [0.5, 0.6) is 5.88 Å². The van der Waals surface area contributed by atoms with Crippen molar-refractivity contribution in [1.29, 1.82) is 0 Å². The van der Waals surface area contributed by atoms with Gasteiger partial charge in [0.05, 0.1) is 4.75 Å². The molecular weight excluding hydrogens is 312 g/mol. The van der Waals surface area contributed by atoms with E-state index in [4.69, 9.17) is 4.74 Å². The zero-order chi connectivity index (χ0) is 15.7. The number of hydrogen-bond acceptors (Lipinski definition) is 6. The fourth-order valence-electron chi connectivity index (χ4n) is 3.03. The van der Waals surface area contributed by atoms with Gasteiger partial charge in [0, 0.05) is 49.9 Å². The first-order chi connectivity index (χ1) is 11.2. The molecule has 2 fully saturated rings. The van der Waals surface area contributed by atoms with Crippen molar-refractivity contribution in [3.8, 4) is 5.88 Å². The minimum atomic E-state index is -0.0917. The van der Waals surface area contributed by atoms with Crippen LogP contribution in [0.15, 0.2) is 42.9 Å². The molecule has 2 saturated heterocycles. The van der Waals surface area contributed by atoms with Gasteiger partial charge in [-0.3, -0.25) is 4.79 Å². The molecule has 6 nitrogen and oxygen atoms in total. The molecule has 1 atom stereocenters. The van der Waals surface area contributed by atoms with Crippen molar-refractivity contribution in [1.82, 2.24) is 19.9 Å². The molecule has 0 unspecified atom stereocenters. The number of carbonyl (C=O) groups excluding carboxylic acids is 1. The molecule has 2 aromatic heterocycles. The Bertz CT molecular complexity index is 692. The third-order valence-corrected chi connectivity index (χ3v) is 5.68. The molecule has 1 amide bonds. The van der Waals surface area contributed by atoms with Crippen LogP contribution in [-0.4, -0.2) is 55.5 Å². The van der Waals surface area contributed by atoms with Gasteiger partial charge in [0.25, 0.3) is 5.91 Å². The molecule has 0 saturated carbocycles.